The quantitative estimate of drug-likeness (QED) is 0.413. The van der Waals surface area contributed by atoms with Gasteiger partial charge in [0.25, 0.3) is 15.9 Å². The van der Waals surface area contributed by atoms with Crippen molar-refractivity contribution in [3.8, 4) is 0 Å². The van der Waals surface area contributed by atoms with Crippen molar-refractivity contribution in [2.75, 3.05) is 11.8 Å². The van der Waals surface area contributed by atoms with Crippen LogP contribution < -0.4 is 4.72 Å². The Kier molecular flexibility index (Phi) is 6.74. The predicted molar refractivity (Wildman–Crippen MR) is 127 cm³/mol. The second-order valence-electron chi connectivity index (χ2n) is 7.80. The summed E-state index contributed by atoms with van der Waals surface area (Å²) in [6.45, 7) is 0.916. The van der Waals surface area contributed by atoms with E-state index in [0.717, 1.165) is 23.3 Å². The molecule has 0 radical (unpaired) electrons. The maximum absolute atomic E-state index is 13.2. The van der Waals surface area contributed by atoms with Crippen LogP contribution in [-0.4, -0.2) is 36.1 Å². The van der Waals surface area contributed by atoms with E-state index in [1.165, 1.54) is 23.1 Å². The number of hydrogen-bond donors (Lipinski definition) is 1. The Hall–Kier alpha value is -3.98. The summed E-state index contributed by atoms with van der Waals surface area (Å²) < 4.78 is 42.9. The Balaban J connectivity index is 1.47. The maximum Gasteiger partial charge on any atom is 0.261 e. The first-order chi connectivity index (χ1) is 16.3. The normalized spacial score (nSPS) is 11.2. The molecule has 1 heterocycles. The Morgan fingerprint density at radius 1 is 0.971 bits per heavy atom. The molecule has 0 aliphatic rings. The summed E-state index contributed by atoms with van der Waals surface area (Å²) in [6.07, 6.45) is 3.58. The van der Waals surface area contributed by atoms with Gasteiger partial charge in [-0.25, -0.2) is 12.8 Å². The number of amides is 1. The van der Waals surface area contributed by atoms with Crippen molar-refractivity contribution in [3.63, 3.8) is 0 Å². The minimum Gasteiger partial charge on any atom is -0.337 e. The molecule has 1 N–H and O–H groups in total. The third kappa shape index (κ3) is 5.49. The number of rotatable bonds is 8. The van der Waals surface area contributed by atoms with Gasteiger partial charge in [0.2, 0.25) is 0 Å². The summed E-state index contributed by atoms with van der Waals surface area (Å²) in [7, 11) is -2.36. The third-order valence-corrected chi connectivity index (χ3v) is 6.55. The maximum atomic E-state index is 13.2. The minimum absolute atomic E-state index is 0.102. The second kappa shape index (κ2) is 9.88. The highest BCUT2D eigenvalue weighted by Crippen LogP contribution is 2.22. The molecule has 0 aliphatic carbocycles. The number of nitrogens with zero attached hydrogens (tertiary/aromatic N) is 3. The van der Waals surface area contributed by atoms with Crippen molar-refractivity contribution in [2.24, 2.45) is 0 Å². The van der Waals surface area contributed by atoms with Gasteiger partial charge in [0.1, 0.15) is 5.82 Å². The lowest BCUT2D eigenvalue weighted by Gasteiger charge is -2.19. The summed E-state index contributed by atoms with van der Waals surface area (Å²) in [5, 5.41) is 4.36. The summed E-state index contributed by atoms with van der Waals surface area (Å²) in [4.78, 5) is 14.5. The van der Waals surface area contributed by atoms with Crippen molar-refractivity contribution in [1.29, 1.82) is 0 Å². The average Bonchev–Trinajstić information content (AvgIpc) is 3.26. The van der Waals surface area contributed by atoms with Crippen LogP contribution in [0.5, 0.6) is 0 Å². The molecule has 0 aliphatic heterocycles. The molecule has 7 nitrogen and oxygen atoms in total. The third-order valence-electron chi connectivity index (χ3n) is 5.17. The van der Waals surface area contributed by atoms with Gasteiger partial charge >= 0.3 is 0 Å². The van der Waals surface area contributed by atoms with Crippen LogP contribution in [0.25, 0.3) is 0 Å². The summed E-state index contributed by atoms with van der Waals surface area (Å²) >= 11 is 0. The number of halogens is 1. The molecule has 34 heavy (non-hydrogen) atoms. The van der Waals surface area contributed by atoms with Crippen molar-refractivity contribution >= 4 is 21.6 Å². The number of aromatic nitrogens is 2. The van der Waals surface area contributed by atoms with Crippen LogP contribution in [0.3, 0.4) is 0 Å². The highest BCUT2D eigenvalue weighted by atomic mass is 32.2. The Bertz CT molecular complexity index is 1390. The van der Waals surface area contributed by atoms with E-state index in [9.17, 15) is 17.6 Å². The SMILES string of the molecule is CN(Cc1cnn(Cc2ccccc2)c1)C(=O)c1ccccc1NS(=O)(=O)c1ccc(F)cc1. The molecule has 4 aromatic rings. The average molecular weight is 479 g/mol. The van der Waals surface area contributed by atoms with Gasteiger partial charge in [-0.05, 0) is 42.0 Å². The van der Waals surface area contributed by atoms with E-state index in [1.54, 1.807) is 36.1 Å². The zero-order valence-electron chi connectivity index (χ0n) is 18.4. The molecule has 9 heteroatoms. The van der Waals surface area contributed by atoms with Gasteiger partial charge in [0, 0.05) is 25.4 Å². The van der Waals surface area contributed by atoms with Crippen molar-refractivity contribution in [2.45, 2.75) is 18.0 Å². The Morgan fingerprint density at radius 2 is 1.65 bits per heavy atom. The number of anilines is 1. The first kappa shape index (κ1) is 23.2. The van der Waals surface area contributed by atoms with Gasteiger partial charge in [0.05, 0.1) is 28.9 Å². The van der Waals surface area contributed by atoms with Crippen LogP contribution in [0.1, 0.15) is 21.5 Å². The standard InChI is InChI=1S/C25H23FN4O3S/c1-29(16-20-15-27-30(18-20)17-19-7-3-2-4-8-19)25(31)23-9-5-6-10-24(23)28-34(32,33)22-13-11-21(26)12-14-22/h2-15,18,28H,16-17H2,1H3. The van der Waals surface area contributed by atoms with Crippen LogP contribution in [0.15, 0.2) is 96.2 Å². The lowest BCUT2D eigenvalue weighted by Crippen LogP contribution is -2.27. The molecular formula is C25H23FN4O3S. The van der Waals surface area contributed by atoms with Gasteiger partial charge in [-0.15, -0.1) is 0 Å². The minimum atomic E-state index is -4.00. The largest absolute Gasteiger partial charge is 0.337 e. The number of carbonyl (C=O) groups excluding carboxylic acids is 1. The van der Waals surface area contributed by atoms with Gasteiger partial charge in [-0.1, -0.05) is 42.5 Å². The van der Waals surface area contributed by atoms with Gasteiger partial charge in [-0.3, -0.25) is 14.2 Å². The molecule has 0 fully saturated rings. The van der Waals surface area contributed by atoms with Crippen molar-refractivity contribution < 1.29 is 17.6 Å². The fourth-order valence-electron chi connectivity index (χ4n) is 3.47. The first-order valence-corrected chi connectivity index (χ1v) is 12.0. The van der Waals surface area contributed by atoms with E-state index in [0.29, 0.717) is 13.1 Å². The molecule has 1 amide bonds. The van der Waals surface area contributed by atoms with Crippen LogP contribution in [0.2, 0.25) is 0 Å². The lowest BCUT2D eigenvalue weighted by atomic mass is 10.1. The number of para-hydroxylation sites is 1. The zero-order valence-corrected chi connectivity index (χ0v) is 19.2. The lowest BCUT2D eigenvalue weighted by molar-refractivity contribution is 0.0786. The molecule has 0 spiro atoms. The first-order valence-electron chi connectivity index (χ1n) is 10.5. The molecule has 0 atom stereocenters. The summed E-state index contributed by atoms with van der Waals surface area (Å²) in [5.74, 6) is -0.892. The van der Waals surface area contributed by atoms with E-state index in [2.05, 4.69) is 9.82 Å². The summed E-state index contributed by atoms with van der Waals surface area (Å²) in [6, 6.07) is 20.7. The fraction of sp³-hybridized carbons (Fsp3) is 0.120. The fourth-order valence-corrected chi connectivity index (χ4v) is 4.55. The van der Waals surface area contributed by atoms with Crippen LogP contribution in [0.4, 0.5) is 10.1 Å². The molecule has 4 rings (SSSR count). The van der Waals surface area contributed by atoms with Crippen LogP contribution >= 0.6 is 0 Å². The Labute approximate surface area is 197 Å². The van der Waals surface area contributed by atoms with E-state index < -0.39 is 15.8 Å². The smallest absolute Gasteiger partial charge is 0.261 e. The Morgan fingerprint density at radius 3 is 2.38 bits per heavy atom. The van der Waals surface area contributed by atoms with Gasteiger partial charge < -0.3 is 4.90 Å². The van der Waals surface area contributed by atoms with E-state index in [-0.39, 0.29) is 22.1 Å². The monoisotopic (exact) mass is 478 g/mol. The van der Waals surface area contributed by atoms with Crippen molar-refractivity contribution in [3.05, 3.63) is 114 Å². The molecule has 0 bridgehead atoms. The topological polar surface area (TPSA) is 84.3 Å². The van der Waals surface area contributed by atoms with Gasteiger partial charge in [0.15, 0.2) is 0 Å². The number of carbonyl (C=O) groups is 1. The molecule has 174 valence electrons. The molecular weight excluding hydrogens is 455 g/mol. The number of benzene rings is 3. The van der Waals surface area contributed by atoms with Crippen molar-refractivity contribution in [1.82, 2.24) is 14.7 Å². The van der Waals surface area contributed by atoms with Gasteiger partial charge in [-0.2, -0.15) is 5.10 Å². The zero-order chi connectivity index (χ0) is 24.1. The predicted octanol–water partition coefficient (Wildman–Crippen LogP) is 4.14. The highest BCUT2D eigenvalue weighted by molar-refractivity contribution is 7.92. The van der Waals surface area contributed by atoms with E-state index >= 15 is 0 Å². The second-order valence-corrected chi connectivity index (χ2v) is 9.48. The van der Waals surface area contributed by atoms with E-state index in [4.69, 9.17) is 0 Å². The number of nitrogens with one attached hydrogen (secondary N) is 1. The molecule has 3 aromatic carbocycles. The number of hydrogen-bond acceptors (Lipinski definition) is 4. The molecule has 1 aromatic heterocycles. The molecule has 0 saturated carbocycles. The van der Waals surface area contributed by atoms with Crippen LogP contribution in [0, 0.1) is 5.82 Å². The number of sulfonamides is 1. The van der Waals surface area contributed by atoms with E-state index in [1.807, 2.05) is 36.5 Å². The summed E-state index contributed by atoms with van der Waals surface area (Å²) in [5.41, 5.74) is 2.30. The van der Waals surface area contributed by atoms with Crippen LogP contribution in [-0.2, 0) is 23.1 Å². The molecule has 0 saturated heterocycles. The molecule has 0 unspecified atom stereocenters. The highest BCUT2D eigenvalue weighted by Gasteiger charge is 2.21.